The summed E-state index contributed by atoms with van der Waals surface area (Å²) in [4.78, 5) is 34.5. The monoisotopic (exact) mass is 666 g/mol. The minimum absolute atomic E-state index is 0.0118. The number of phosphoric ester groups is 1. The Morgan fingerprint density at radius 2 is 1.11 bits per heavy atom. The van der Waals surface area contributed by atoms with E-state index in [0.29, 0.717) is 6.42 Å². The molecule has 0 rings (SSSR count). The molecule has 1 N–H and O–H groups in total. The van der Waals surface area contributed by atoms with Gasteiger partial charge in [-0.1, -0.05) is 107 Å². The summed E-state index contributed by atoms with van der Waals surface area (Å²) in [6.45, 7) is 5.22. The van der Waals surface area contributed by atoms with E-state index in [9.17, 15) is 19.0 Å². The van der Waals surface area contributed by atoms with Gasteiger partial charge in [0.2, 0.25) is 0 Å². The molecule has 8 nitrogen and oxygen atoms in total. The molecule has 0 aliphatic rings. The second-order valence-corrected chi connectivity index (χ2v) is 12.6. The first-order chi connectivity index (χ1) is 22.3. The molecule has 9 heteroatoms. The molecule has 2 atom stereocenters. The fraction of sp³-hybridized carbons (Fsp3) is 0.676. The van der Waals surface area contributed by atoms with Crippen LogP contribution in [0.25, 0.3) is 0 Å². The summed E-state index contributed by atoms with van der Waals surface area (Å²) >= 11 is 0. The average Bonchev–Trinajstić information content (AvgIpc) is 3.03. The smallest absolute Gasteiger partial charge is 0.462 e. The predicted octanol–water partition coefficient (Wildman–Crippen LogP) is 10.4. The number of hydrogen-bond acceptors (Lipinski definition) is 7. The van der Waals surface area contributed by atoms with Crippen molar-refractivity contribution in [2.24, 2.45) is 0 Å². The maximum absolute atomic E-state index is 12.4. The van der Waals surface area contributed by atoms with E-state index >= 15 is 0 Å². The predicted molar refractivity (Wildman–Crippen MR) is 188 cm³/mol. The van der Waals surface area contributed by atoms with E-state index in [1.807, 2.05) is 0 Å². The van der Waals surface area contributed by atoms with Crippen LogP contribution in [-0.4, -0.2) is 42.8 Å². The molecule has 0 aliphatic heterocycles. The highest BCUT2D eigenvalue weighted by Crippen LogP contribution is 2.43. The second kappa shape index (κ2) is 32.7. The molecule has 0 spiro atoms. The third-order valence-electron chi connectivity index (χ3n) is 6.81. The number of carbonyl (C=O) groups is 2. The van der Waals surface area contributed by atoms with Crippen LogP contribution >= 0.6 is 7.82 Å². The van der Waals surface area contributed by atoms with E-state index in [2.05, 4.69) is 74.6 Å². The zero-order valence-electron chi connectivity index (χ0n) is 29.0. The van der Waals surface area contributed by atoms with Crippen LogP contribution in [0, 0.1) is 0 Å². The zero-order chi connectivity index (χ0) is 34.0. The maximum atomic E-state index is 12.4. The van der Waals surface area contributed by atoms with E-state index in [0.717, 1.165) is 83.5 Å². The molecule has 0 aromatic heterocycles. The Labute approximate surface area is 280 Å². The van der Waals surface area contributed by atoms with Gasteiger partial charge in [-0.15, -0.1) is 0 Å². The Hall–Kier alpha value is -2.25. The molecule has 0 heterocycles. The van der Waals surface area contributed by atoms with E-state index in [1.165, 1.54) is 12.8 Å². The van der Waals surface area contributed by atoms with Gasteiger partial charge >= 0.3 is 19.8 Å². The van der Waals surface area contributed by atoms with Crippen molar-refractivity contribution in [2.45, 2.75) is 142 Å². The molecule has 0 aromatic carbocycles. The van der Waals surface area contributed by atoms with Crippen molar-refractivity contribution < 1.29 is 37.6 Å². The average molecular weight is 667 g/mol. The van der Waals surface area contributed by atoms with Gasteiger partial charge in [0, 0.05) is 12.8 Å². The van der Waals surface area contributed by atoms with Gasteiger partial charge in [0.15, 0.2) is 6.10 Å². The van der Waals surface area contributed by atoms with Crippen molar-refractivity contribution in [3.05, 3.63) is 60.8 Å². The molecule has 0 saturated heterocycles. The van der Waals surface area contributed by atoms with Crippen LogP contribution in [0.15, 0.2) is 60.8 Å². The lowest BCUT2D eigenvalue weighted by atomic mass is 10.1. The molecule has 0 radical (unpaired) electrons. The summed E-state index contributed by atoms with van der Waals surface area (Å²) < 4.78 is 32.4. The van der Waals surface area contributed by atoms with E-state index < -0.39 is 32.5 Å². The van der Waals surface area contributed by atoms with Crippen molar-refractivity contribution in [1.82, 2.24) is 0 Å². The first-order valence-electron chi connectivity index (χ1n) is 17.6. The largest absolute Gasteiger partial charge is 0.472 e. The molecule has 0 aliphatic carbocycles. The normalized spacial score (nSPS) is 14.3. The van der Waals surface area contributed by atoms with Crippen molar-refractivity contribution in [3.63, 3.8) is 0 Å². The van der Waals surface area contributed by atoms with Gasteiger partial charge < -0.3 is 14.4 Å². The highest BCUT2D eigenvalue weighted by atomic mass is 31.2. The van der Waals surface area contributed by atoms with Crippen LogP contribution < -0.4 is 0 Å². The van der Waals surface area contributed by atoms with E-state index in [1.54, 1.807) is 6.92 Å². The molecular formula is C37H63O8P. The fourth-order valence-electron chi connectivity index (χ4n) is 4.25. The van der Waals surface area contributed by atoms with Gasteiger partial charge in [0.25, 0.3) is 0 Å². The van der Waals surface area contributed by atoms with E-state index in [4.69, 9.17) is 18.5 Å². The van der Waals surface area contributed by atoms with E-state index in [-0.39, 0.29) is 26.1 Å². The standard InChI is InChI=1S/C37H63O8P/c1-4-7-9-11-13-15-17-18-19-20-22-24-26-28-30-32-37(39)45-35(34-44-46(40,41)43-6-3)33-42-36(38)31-29-27-25-23-21-16-14-12-10-8-5-2/h7,9,12-15,18-19,22,24,35H,4-6,8,10-11,16-17,20-21,23,25-34H2,1-3H3,(H,40,41)/b9-7-,14-12-,15-13-,19-18-,24-22-. The SMILES string of the molecule is CC/C=C\C/C=C\C/C=C\C/C=C\CCCCC(=O)OC(COC(=O)CCCCCCC/C=C\CCCC)COP(=O)(O)OCC. The minimum atomic E-state index is -4.29. The van der Waals surface area contributed by atoms with Crippen LogP contribution in [0.5, 0.6) is 0 Å². The molecule has 0 bridgehead atoms. The topological polar surface area (TPSA) is 108 Å². The number of unbranched alkanes of at least 4 members (excludes halogenated alkanes) is 9. The van der Waals surface area contributed by atoms with Crippen molar-refractivity contribution in [2.75, 3.05) is 19.8 Å². The van der Waals surface area contributed by atoms with Crippen LogP contribution in [0.3, 0.4) is 0 Å². The van der Waals surface area contributed by atoms with Gasteiger partial charge in [-0.25, -0.2) is 4.57 Å². The quantitative estimate of drug-likeness (QED) is 0.0337. The van der Waals surface area contributed by atoms with Crippen molar-refractivity contribution >= 4 is 19.8 Å². The molecule has 0 fully saturated rings. The summed E-state index contributed by atoms with van der Waals surface area (Å²) in [6, 6.07) is 0. The van der Waals surface area contributed by atoms with Crippen LogP contribution in [0.4, 0.5) is 0 Å². The third kappa shape index (κ3) is 31.7. The first kappa shape index (κ1) is 43.8. The molecule has 46 heavy (non-hydrogen) atoms. The van der Waals surface area contributed by atoms with Gasteiger partial charge in [0.05, 0.1) is 13.2 Å². The summed E-state index contributed by atoms with van der Waals surface area (Å²) in [6.07, 6.45) is 37.1. The molecule has 264 valence electrons. The summed E-state index contributed by atoms with van der Waals surface area (Å²) in [5.74, 6) is -0.867. The number of phosphoric acid groups is 1. The molecule has 0 amide bonds. The lowest BCUT2D eigenvalue weighted by Crippen LogP contribution is -2.29. The molecule has 2 unspecified atom stereocenters. The minimum Gasteiger partial charge on any atom is -0.462 e. The third-order valence-corrected chi connectivity index (χ3v) is 7.87. The second-order valence-electron chi connectivity index (χ2n) is 11.1. The maximum Gasteiger partial charge on any atom is 0.472 e. The molecular weight excluding hydrogens is 603 g/mol. The lowest BCUT2D eigenvalue weighted by molar-refractivity contribution is -0.161. The zero-order valence-corrected chi connectivity index (χ0v) is 29.8. The number of allylic oxidation sites excluding steroid dienone is 10. The number of hydrogen-bond donors (Lipinski definition) is 1. The summed E-state index contributed by atoms with van der Waals surface area (Å²) in [7, 11) is -4.29. The number of rotatable bonds is 31. The Morgan fingerprint density at radius 3 is 1.74 bits per heavy atom. The van der Waals surface area contributed by atoms with Gasteiger partial charge in [-0.05, 0) is 77.6 Å². The Morgan fingerprint density at radius 1 is 0.609 bits per heavy atom. The summed E-state index contributed by atoms with van der Waals surface area (Å²) in [5, 5.41) is 0. The van der Waals surface area contributed by atoms with Crippen LogP contribution in [0.1, 0.15) is 136 Å². The fourth-order valence-corrected chi connectivity index (χ4v) is 5.00. The Kier molecular flexibility index (Phi) is 31.1. The molecule has 0 aromatic rings. The Bertz CT molecular complexity index is 938. The van der Waals surface area contributed by atoms with Crippen LogP contribution in [-0.2, 0) is 32.7 Å². The van der Waals surface area contributed by atoms with Crippen molar-refractivity contribution in [1.29, 1.82) is 0 Å². The highest BCUT2D eigenvalue weighted by molar-refractivity contribution is 7.47. The number of carbonyl (C=O) groups excluding carboxylic acids is 2. The first-order valence-corrected chi connectivity index (χ1v) is 19.1. The highest BCUT2D eigenvalue weighted by Gasteiger charge is 2.25. The van der Waals surface area contributed by atoms with Gasteiger partial charge in [-0.2, -0.15) is 0 Å². The summed E-state index contributed by atoms with van der Waals surface area (Å²) in [5.41, 5.74) is 0. The van der Waals surface area contributed by atoms with Crippen LogP contribution in [0.2, 0.25) is 0 Å². The van der Waals surface area contributed by atoms with Crippen molar-refractivity contribution in [3.8, 4) is 0 Å². The lowest BCUT2D eigenvalue weighted by Gasteiger charge is -2.19. The Balaban J connectivity index is 4.31. The number of ether oxygens (including phenoxy) is 2. The molecule has 0 saturated carbocycles. The van der Waals surface area contributed by atoms with Gasteiger partial charge in [0.1, 0.15) is 6.61 Å². The number of esters is 2. The van der Waals surface area contributed by atoms with Gasteiger partial charge in [-0.3, -0.25) is 18.6 Å².